The van der Waals surface area contributed by atoms with E-state index < -0.39 is 29.4 Å². The Kier molecular flexibility index (Phi) is 8.81. The van der Waals surface area contributed by atoms with Crippen molar-refractivity contribution in [2.24, 2.45) is 17.3 Å². The van der Waals surface area contributed by atoms with E-state index in [1.54, 1.807) is 12.0 Å². The molecule has 2 N–H and O–H groups in total. The Balaban J connectivity index is 1.58. The van der Waals surface area contributed by atoms with E-state index in [0.29, 0.717) is 13.0 Å². The van der Waals surface area contributed by atoms with Crippen LogP contribution in [-0.2, 0) is 28.0 Å². The maximum absolute atomic E-state index is 14.6. The first-order valence-electron chi connectivity index (χ1n) is 15.5. The Morgan fingerprint density at radius 3 is 2.30 bits per heavy atom. The van der Waals surface area contributed by atoms with Crippen molar-refractivity contribution in [3.8, 4) is 11.5 Å². The maximum atomic E-state index is 14.6. The first-order valence-corrected chi connectivity index (χ1v) is 15.5. The second kappa shape index (κ2) is 12.3. The van der Waals surface area contributed by atoms with Gasteiger partial charge in [0.05, 0.1) is 19.1 Å². The number of carbonyl (C=O) groups is 2. The standard InChI is InChI=1S/C37H46N2O5/c1-36(2,3)27-17-18-28(43-7)25(20-27)21-38-31-30(37(4,5)6)33(35(41)42)39(32(31)23-13-9-8-10-14-23)34(40)26-19-24-15-11-12-16-29(24)44-22-26/h8-18,20,26,30-33,38H,19,21-22H2,1-7H3,(H,41,42)/t26?,30-,31-,32-,33-/m0/s1. The van der Waals surface area contributed by atoms with Crippen molar-refractivity contribution in [1.29, 1.82) is 0 Å². The zero-order valence-corrected chi connectivity index (χ0v) is 27.0. The minimum Gasteiger partial charge on any atom is -0.496 e. The maximum Gasteiger partial charge on any atom is 0.326 e. The number of likely N-dealkylation sites (tertiary alicyclic amines) is 1. The van der Waals surface area contributed by atoms with E-state index in [1.165, 1.54) is 5.56 Å². The van der Waals surface area contributed by atoms with Crippen molar-refractivity contribution >= 4 is 11.9 Å². The summed E-state index contributed by atoms with van der Waals surface area (Å²) in [6.07, 6.45) is 0.508. The Morgan fingerprint density at radius 1 is 0.977 bits per heavy atom. The monoisotopic (exact) mass is 598 g/mol. The highest BCUT2D eigenvalue weighted by atomic mass is 16.5. The average molecular weight is 599 g/mol. The molecule has 1 unspecified atom stereocenters. The van der Waals surface area contributed by atoms with Gasteiger partial charge in [-0.1, -0.05) is 102 Å². The first-order chi connectivity index (χ1) is 20.8. The quantitative estimate of drug-likeness (QED) is 0.327. The molecular formula is C37H46N2O5. The number of carbonyl (C=O) groups excluding carboxylic acids is 1. The molecule has 3 aromatic carbocycles. The zero-order valence-electron chi connectivity index (χ0n) is 27.0. The Morgan fingerprint density at radius 2 is 1.66 bits per heavy atom. The molecule has 5 rings (SSSR count). The molecule has 2 aliphatic rings. The minimum absolute atomic E-state index is 0.0484. The molecule has 1 saturated heterocycles. The lowest BCUT2D eigenvalue weighted by atomic mass is 9.72. The molecule has 1 amide bonds. The number of ether oxygens (including phenoxy) is 2. The third-order valence-electron chi connectivity index (χ3n) is 9.22. The van der Waals surface area contributed by atoms with Gasteiger partial charge >= 0.3 is 5.97 Å². The molecule has 0 bridgehead atoms. The van der Waals surface area contributed by atoms with Crippen molar-refractivity contribution in [3.05, 3.63) is 95.1 Å². The number of carboxylic acids is 1. The fourth-order valence-electron chi connectivity index (χ4n) is 7.04. The molecule has 0 aliphatic carbocycles. The molecule has 5 atom stereocenters. The van der Waals surface area contributed by atoms with Gasteiger partial charge in [-0.25, -0.2) is 4.79 Å². The van der Waals surface area contributed by atoms with Crippen molar-refractivity contribution in [3.63, 3.8) is 0 Å². The molecule has 0 radical (unpaired) electrons. The van der Waals surface area contributed by atoms with Crippen LogP contribution in [0.3, 0.4) is 0 Å². The van der Waals surface area contributed by atoms with E-state index >= 15 is 0 Å². The predicted octanol–water partition coefficient (Wildman–Crippen LogP) is 6.40. The van der Waals surface area contributed by atoms with Crippen LogP contribution in [0.15, 0.2) is 72.8 Å². The number of nitrogens with zero attached hydrogens (tertiary/aromatic N) is 1. The molecule has 3 aromatic rings. The number of hydrogen-bond acceptors (Lipinski definition) is 5. The summed E-state index contributed by atoms with van der Waals surface area (Å²) >= 11 is 0. The SMILES string of the molecule is COc1ccc(C(C)(C)C)cc1CN[C@H]1[C@H](C(C)(C)C)[C@@H](C(=O)O)N(C(=O)C2COc3ccccc3C2)[C@H]1c1ccccc1. The van der Waals surface area contributed by atoms with Gasteiger partial charge in [-0.2, -0.15) is 0 Å². The van der Waals surface area contributed by atoms with E-state index in [0.717, 1.165) is 28.2 Å². The van der Waals surface area contributed by atoms with Gasteiger partial charge in [0.2, 0.25) is 5.91 Å². The molecule has 234 valence electrons. The van der Waals surface area contributed by atoms with E-state index in [4.69, 9.17) is 9.47 Å². The van der Waals surface area contributed by atoms with Crippen LogP contribution in [0.25, 0.3) is 0 Å². The Labute approximate surface area is 261 Å². The zero-order chi connectivity index (χ0) is 31.8. The van der Waals surface area contributed by atoms with Gasteiger partial charge < -0.3 is 24.8 Å². The summed E-state index contributed by atoms with van der Waals surface area (Å²) in [6, 6.07) is 22.0. The number of aliphatic carboxylic acids is 1. The van der Waals surface area contributed by atoms with Gasteiger partial charge in [0.1, 0.15) is 24.1 Å². The van der Waals surface area contributed by atoms with Crippen molar-refractivity contribution in [2.45, 2.75) is 78.0 Å². The summed E-state index contributed by atoms with van der Waals surface area (Å²) in [5.41, 5.74) is 3.57. The van der Waals surface area contributed by atoms with Crippen LogP contribution >= 0.6 is 0 Å². The van der Waals surface area contributed by atoms with Gasteiger partial charge in [0.15, 0.2) is 0 Å². The molecular weight excluding hydrogens is 552 g/mol. The van der Waals surface area contributed by atoms with E-state index in [2.05, 4.69) is 59.0 Å². The van der Waals surface area contributed by atoms with Crippen LogP contribution in [0.2, 0.25) is 0 Å². The summed E-state index contributed by atoms with van der Waals surface area (Å²) in [7, 11) is 1.67. The second-order valence-electron chi connectivity index (χ2n) is 14.3. The highest BCUT2D eigenvalue weighted by Gasteiger charge is 2.58. The van der Waals surface area contributed by atoms with Crippen LogP contribution in [0.4, 0.5) is 0 Å². The smallest absolute Gasteiger partial charge is 0.326 e. The average Bonchev–Trinajstić information content (AvgIpc) is 3.35. The lowest BCUT2D eigenvalue weighted by molar-refractivity contribution is -0.154. The van der Waals surface area contributed by atoms with Crippen molar-refractivity contribution in [2.75, 3.05) is 13.7 Å². The van der Waals surface area contributed by atoms with Gasteiger partial charge in [-0.05, 0) is 46.1 Å². The molecule has 1 fully saturated rings. The minimum atomic E-state index is -1.02. The van der Waals surface area contributed by atoms with Gasteiger partial charge in [0, 0.05) is 24.1 Å². The van der Waals surface area contributed by atoms with E-state index in [9.17, 15) is 14.7 Å². The number of benzene rings is 3. The number of hydrogen-bond donors (Lipinski definition) is 2. The molecule has 2 aliphatic heterocycles. The number of para-hydroxylation sites is 1. The molecule has 0 aromatic heterocycles. The van der Waals surface area contributed by atoms with Crippen LogP contribution < -0.4 is 14.8 Å². The summed E-state index contributed by atoms with van der Waals surface area (Å²) < 4.78 is 11.8. The Bertz CT molecular complexity index is 1490. The van der Waals surface area contributed by atoms with Crippen LogP contribution in [-0.4, -0.2) is 47.7 Å². The van der Waals surface area contributed by atoms with Crippen LogP contribution in [0.1, 0.15) is 69.8 Å². The molecule has 0 spiro atoms. The number of carboxylic acid groups (broad SMARTS) is 1. The third kappa shape index (κ3) is 6.20. The molecule has 7 heteroatoms. The Hall–Kier alpha value is -3.84. The van der Waals surface area contributed by atoms with Gasteiger partial charge in [-0.3, -0.25) is 4.79 Å². The van der Waals surface area contributed by atoms with Crippen molar-refractivity contribution in [1.82, 2.24) is 10.2 Å². The fourth-order valence-corrected chi connectivity index (χ4v) is 7.04. The summed E-state index contributed by atoms with van der Waals surface area (Å²) in [5.74, 6) is -0.498. The second-order valence-corrected chi connectivity index (χ2v) is 14.3. The topological polar surface area (TPSA) is 88.1 Å². The number of amides is 1. The van der Waals surface area contributed by atoms with E-state index in [-0.39, 0.29) is 29.9 Å². The van der Waals surface area contributed by atoms with Crippen LogP contribution in [0.5, 0.6) is 11.5 Å². The van der Waals surface area contributed by atoms with Gasteiger partial charge in [-0.15, -0.1) is 0 Å². The van der Waals surface area contributed by atoms with E-state index in [1.807, 2.05) is 60.7 Å². The number of fused-ring (bicyclic) bond motifs is 1. The number of rotatable bonds is 7. The molecule has 0 saturated carbocycles. The number of methoxy groups -OCH3 is 1. The predicted molar refractivity (Wildman–Crippen MR) is 172 cm³/mol. The molecule has 44 heavy (non-hydrogen) atoms. The normalized spacial score (nSPS) is 23.5. The number of nitrogens with one attached hydrogen (secondary N) is 1. The lowest BCUT2D eigenvalue weighted by Gasteiger charge is -2.36. The summed E-state index contributed by atoms with van der Waals surface area (Å²) in [6.45, 7) is 13.4. The first kappa shape index (κ1) is 31.6. The highest BCUT2D eigenvalue weighted by Crippen LogP contribution is 2.49. The van der Waals surface area contributed by atoms with Crippen molar-refractivity contribution < 1.29 is 24.2 Å². The summed E-state index contributed by atoms with van der Waals surface area (Å²) in [4.78, 5) is 29.5. The highest BCUT2D eigenvalue weighted by molar-refractivity contribution is 5.87. The molecule has 2 heterocycles. The largest absolute Gasteiger partial charge is 0.496 e. The lowest BCUT2D eigenvalue weighted by Crippen LogP contribution is -2.50. The molecule has 7 nitrogen and oxygen atoms in total. The van der Waals surface area contributed by atoms with Crippen LogP contribution in [0, 0.1) is 17.3 Å². The summed E-state index contributed by atoms with van der Waals surface area (Å²) in [5, 5.41) is 14.6. The third-order valence-corrected chi connectivity index (χ3v) is 9.22. The van der Waals surface area contributed by atoms with Gasteiger partial charge in [0.25, 0.3) is 0 Å². The fraction of sp³-hybridized carbons (Fsp3) is 0.459.